The van der Waals surface area contributed by atoms with E-state index in [1.54, 1.807) is 6.07 Å². The zero-order valence-electron chi connectivity index (χ0n) is 6.05. The van der Waals surface area contributed by atoms with Crippen LogP contribution >= 0.6 is 23.2 Å². The zero-order valence-corrected chi connectivity index (χ0v) is 7.56. The van der Waals surface area contributed by atoms with Crippen molar-refractivity contribution in [1.29, 1.82) is 0 Å². The third-order valence-electron chi connectivity index (χ3n) is 1.23. The number of nitrogens with two attached hydrogens (primary N) is 1. The summed E-state index contributed by atoms with van der Waals surface area (Å²) in [5.74, 6) is -0.421. The topological polar surface area (TPSA) is 56.0 Å². The van der Waals surface area contributed by atoms with Crippen molar-refractivity contribution >= 4 is 29.1 Å². The molecule has 1 heterocycles. The van der Waals surface area contributed by atoms with Crippen molar-refractivity contribution in [2.45, 2.75) is 6.42 Å². The number of aromatic nitrogens is 1. The molecule has 1 aromatic rings. The van der Waals surface area contributed by atoms with Gasteiger partial charge in [-0.1, -0.05) is 23.2 Å². The van der Waals surface area contributed by atoms with Gasteiger partial charge in [0.1, 0.15) is 5.15 Å². The highest BCUT2D eigenvalue weighted by Crippen LogP contribution is 2.19. The van der Waals surface area contributed by atoms with E-state index in [-0.39, 0.29) is 11.6 Å². The summed E-state index contributed by atoms with van der Waals surface area (Å²) in [5.41, 5.74) is 5.63. The lowest BCUT2D eigenvalue weighted by atomic mass is 10.2. The second-order valence-electron chi connectivity index (χ2n) is 2.26. The van der Waals surface area contributed by atoms with E-state index >= 15 is 0 Å². The van der Waals surface area contributed by atoms with Crippen molar-refractivity contribution in [3.05, 3.63) is 28.0 Å². The van der Waals surface area contributed by atoms with Gasteiger partial charge in [-0.15, -0.1) is 0 Å². The van der Waals surface area contributed by atoms with Gasteiger partial charge < -0.3 is 5.73 Å². The zero-order chi connectivity index (χ0) is 9.14. The first kappa shape index (κ1) is 9.29. The molecular formula is C7H6Cl2N2O. The Labute approximate surface area is 79.5 Å². The Morgan fingerprint density at radius 2 is 2.25 bits per heavy atom. The van der Waals surface area contributed by atoms with Crippen LogP contribution < -0.4 is 5.73 Å². The number of pyridine rings is 1. The fourth-order valence-electron chi connectivity index (χ4n) is 0.759. The Morgan fingerprint density at radius 3 is 2.75 bits per heavy atom. The molecule has 1 rings (SSSR count). The number of carbonyl (C=O) groups is 1. The summed E-state index contributed by atoms with van der Waals surface area (Å²) >= 11 is 11.2. The Morgan fingerprint density at radius 1 is 1.58 bits per heavy atom. The van der Waals surface area contributed by atoms with E-state index in [2.05, 4.69) is 4.98 Å². The maximum absolute atomic E-state index is 10.5. The molecule has 5 heteroatoms. The van der Waals surface area contributed by atoms with Crippen LogP contribution in [-0.4, -0.2) is 10.9 Å². The van der Waals surface area contributed by atoms with Crippen molar-refractivity contribution < 1.29 is 4.79 Å². The average Bonchev–Trinajstić information content (AvgIpc) is 1.96. The molecule has 0 spiro atoms. The van der Waals surface area contributed by atoms with Gasteiger partial charge in [-0.3, -0.25) is 4.79 Å². The standard InChI is InChI=1S/C7H6Cl2N2O/c8-5-1-4(2-6(10)12)3-11-7(5)9/h1,3H,2H2,(H2,10,12). The van der Waals surface area contributed by atoms with Gasteiger partial charge in [0.15, 0.2) is 0 Å². The van der Waals surface area contributed by atoms with E-state index in [0.717, 1.165) is 0 Å². The predicted octanol–water partition coefficient (Wildman–Crippen LogP) is 1.42. The molecule has 2 N–H and O–H groups in total. The summed E-state index contributed by atoms with van der Waals surface area (Å²) in [7, 11) is 0. The summed E-state index contributed by atoms with van der Waals surface area (Å²) < 4.78 is 0. The van der Waals surface area contributed by atoms with Crippen LogP contribution in [0.3, 0.4) is 0 Å². The average molecular weight is 205 g/mol. The molecule has 0 atom stereocenters. The smallest absolute Gasteiger partial charge is 0.221 e. The first-order valence-electron chi connectivity index (χ1n) is 3.18. The van der Waals surface area contributed by atoms with Crippen molar-refractivity contribution in [3.63, 3.8) is 0 Å². The number of nitrogens with zero attached hydrogens (tertiary/aromatic N) is 1. The van der Waals surface area contributed by atoms with Crippen molar-refractivity contribution in [1.82, 2.24) is 4.98 Å². The molecule has 0 fully saturated rings. The Bertz CT molecular complexity index is 314. The molecule has 0 aliphatic carbocycles. The lowest BCUT2D eigenvalue weighted by molar-refractivity contribution is -0.117. The van der Waals surface area contributed by atoms with Gasteiger partial charge >= 0.3 is 0 Å². The maximum atomic E-state index is 10.5. The van der Waals surface area contributed by atoms with E-state index in [4.69, 9.17) is 28.9 Å². The van der Waals surface area contributed by atoms with Gasteiger partial charge in [0.2, 0.25) is 5.91 Å². The molecule has 3 nitrogen and oxygen atoms in total. The summed E-state index contributed by atoms with van der Waals surface area (Å²) in [5, 5.41) is 0.556. The molecule has 0 saturated heterocycles. The van der Waals surface area contributed by atoms with Gasteiger partial charge in [0.05, 0.1) is 11.4 Å². The Kier molecular flexibility index (Phi) is 2.89. The molecule has 64 valence electrons. The van der Waals surface area contributed by atoms with E-state index < -0.39 is 5.91 Å². The molecule has 0 saturated carbocycles. The molecule has 1 aromatic heterocycles. The van der Waals surface area contributed by atoms with E-state index in [0.29, 0.717) is 10.6 Å². The van der Waals surface area contributed by atoms with E-state index in [1.165, 1.54) is 6.20 Å². The number of hydrogen-bond donors (Lipinski definition) is 1. The third kappa shape index (κ3) is 2.36. The molecule has 0 aliphatic heterocycles. The normalized spacial score (nSPS) is 9.83. The SMILES string of the molecule is NC(=O)Cc1cnc(Cl)c(Cl)c1. The molecule has 0 bridgehead atoms. The van der Waals surface area contributed by atoms with Crippen LogP contribution in [0.4, 0.5) is 0 Å². The van der Waals surface area contributed by atoms with Gasteiger partial charge in [0.25, 0.3) is 0 Å². The number of amides is 1. The summed E-state index contributed by atoms with van der Waals surface area (Å²) in [6.07, 6.45) is 1.60. The largest absolute Gasteiger partial charge is 0.369 e. The summed E-state index contributed by atoms with van der Waals surface area (Å²) in [6, 6.07) is 1.57. The number of rotatable bonds is 2. The quantitative estimate of drug-likeness (QED) is 0.742. The van der Waals surface area contributed by atoms with Crippen LogP contribution in [0.1, 0.15) is 5.56 Å². The Hall–Kier alpha value is -0.800. The van der Waals surface area contributed by atoms with Crippen LogP contribution in [0.25, 0.3) is 0 Å². The van der Waals surface area contributed by atoms with E-state index in [9.17, 15) is 4.79 Å². The third-order valence-corrected chi connectivity index (χ3v) is 1.92. The number of hydrogen-bond acceptors (Lipinski definition) is 2. The van der Waals surface area contributed by atoms with Crippen molar-refractivity contribution in [2.75, 3.05) is 0 Å². The van der Waals surface area contributed by atoms with Crippen LogP contribution in [0.15, 0.2) is 12.3 Å². The monoisotopic (exact) mass is 204 g/mol. The van der Waals surface area contributed by atoms with Crippen molar-refractivity contribution in [3.8, 4) is 0 Å². The number of carbonyl (C=O) groups excluding carboxylic acids is 1. The first-order valence-corrected chi connectivity index (χ1v) is 3.93. The second kappa shape index (κ2) is 3.74. The molecule has 0 aromatic carbocycles. The van der Waals surface area contributed by atoms with Crippen LogP contribution in [-0.2, 0) is 11.2 Å². The second-order valence-corrected chi connectivity index (χ2v) is 3.02. The Balaban J connectivity index is 2.89. The molecular weight excluding hydrogens is 199 g/mol. The van der Waals surface area contributed by atoms with Gasteiger partial charge in [-0.25, -0.2) is 4.98 Å². The van der Waals surface area contributed by atoms with Gasteiger partial charge in [-0.05, 0) is 11.6 Å². The van der Waals surface area contributed by atoms with Crippen LogP contribution in [0, 0.1) is 0 Å². The van der Waals surface area contributed by atoms with Gasteiger partial charge in [0, 0.05) is 6.20 Å². The molecule has 0 aliphatic rings. The maximum Gasteiger partial charge on any atom is 0.221 e. The predicted molar refractivity (Wildman–Crippen MR) is 47.2 cm³/mol. The minimum Gasteiger partial charge on any atom is -0.369 e. The fraction of sp³-hybridized carbons (Fsp3) is 0.143. The highest BCUT2D eigenvalue weighted by atomic mass is 35.5. The molecule has 12 heavy (non-hydrogen) atoms. The minimum atomic E-state index is -0.421. The fourth-order valence-corrected chi connectivity index (χ4v) is 1.05. The van der Waals surface area contributed by atoms with E-state index in [1.807, 2.05) is 0 Å². The number of primary amides is 1. The molecule has 1 amide bonds. The first-order chi connectivity index (χ1) is 5.59. The summed E-state index contributed by atoms with van der Waals surface area (Å²) in [6.45, 7) is 0. The van der Waals surface area contributed by atoms with Gasteiger partial charge in [-0.2, -0.15) is 0 Å². The number of halogens is 2. The molecule has 0 unspecified atom stereocenters. The van der Waals surface area contributed by atoms with Crippen LogP contribution in [0.2, 0.25) is 10.2 Å². The van der Waals surface area contributed by atoms with Crippen LogP contribution in [0.5, 0.6) is 0 Å². The lowest BCUT2D eigenvalue weighted by Gasteiger charge is -1.98. The van der Waals surface area contributed by atoms with Crippen molar-refractivity contribution in [2.24, 2.45) is 5.73 Å². The summed E-state index contributed by atoms with van der Waals surface area (Å²) in [4.78, 5) is 14.2. The highest BCUT2D eigenvalue weighted by molar-refractivity contribution is 6.41. The highest BCUT2D eigenvalue weighted by Gasteiger charge is 2.02. The minimum absolute atomic E-state index is 0.129. The molecule has 0 radical (unpaired) electrons. The lowest BCUT2D eigenvalue weighted by Crippen LogP contribution is -2.13.